The first-order valence-corrected chi connectivity index (χ1v) is 6.19. The van der Waals surface area contributed by atoms with Crippen LogP contribution in [0.15, 0.2) is 60.7 Å². The summed E-state index contributed by atoms with van der Waals surface area (Å²) < 4.78 is 0. The molecule has 0 aromatic heterocycles. The molecule has 1 nitrogen and oxygen atoms in total. The van der Waals surface area contributed by atoms with Crippen LogP contribution in [-0.4, -0.2) is 6.04 Å². The Kier molecular flexibility index (Phi) is 6.20. The largest absolute Gasteiger partial charge is 0.326 e. The van der Waals surface area contributed by atoms with Gasteiger partial charge < -0.3 is 5.73 Å². The fourth-order valence-electron chi connectivity index (χ4n) is 1.87. The van der Waals surface area contributed by atoms with Gasteiger partial charge >= 0.3 is 0 Å². The van der Waals surface area contributed by atoms with Crippen LogP contribution in [0.5, 0.6) is 0 Å². The SMILES string of the molecule is Cl.NC(Cc1ccccc1)C(Cl)c1ccccc1. The third-order valence-electron chi connectivity index (χ3n) is 2.81. The van der Waals surface area contributed by atoms with E-state index in [4.69, 9.17) is 17.3 Å². The highest BCUT2D eigenvalue weighted by Gasteiger charge is 2.16. The van der Waals surface area contributed by atoms with Crippen LogP contribution in [0, 0.1) is 0 Å². The van der Waals surface area contributed by atoms with E-state index in [1.54, 1.807) is 0 Å². The topological polar surface area (TPSA) is 26.0 Å². The molecule has 96 valence electrons. The maximum absolute atomic E-state index is 6.38. The predicted molar refractivity (Wildman–Crippen MR) is 80.4 cm³/mol. The van der Waals surface area contributed by atoms with Crippen molar-refractivity contribution in [1.29, 1.82) is 0 Å². The van der Waals surface area contributed by atoms with Crippen LogP contribution >= 0.6 is 24.0 Å². The first kappa shape index (κ1) is 15.0. The molecule has 0 radical (unpaired) electrons. The van der Waals surface area contributed by atoms with Gasteiger partial charge in [-0.2, -0.15) is 0 Å². The van der Waals surface area contributed by atoms with Crippen molar-refractivity contribution in [1.82, 2.24) is 0 Å². The highest BCUT2D eigenvalue weighted by molar-refractivity contribution is 6.21. The monoisotopic (exact) mass is 281 g/mol. The molecular formula is C15H17Cl2N. The van der Waals surface area contributed by atoms with Gasteiger partial charge in [0.2, 0.25) is 0 Å². The highest BCUT2D eigenvalue weighted by Crippen LogP contribution is 2.24. The average molecular weight is 282 g/mol. The fraction of sp³-hybridized carbons (Fsp3) is 0.200. The Labute approximate surface area is 119 Å². The Morgan fingerprint density at radius 1 is 0.889 bits per heavy atom. The molecule has 2 unspecified atom stereocenters. The molecule has 0 heterocycles. The van der Waals surface area contributed by atoms with Gasteiger partial charge in [0.15, 0.2) is 0 Å². The average Bonchev–Trinajstić information content (AvgIpc) is 2.40. The van der Waals surface area contributed by atoms with Gasteiger partial charge in [-0.3, -0.25) is 0 Å². The molecule has 2 aromatic rings. The van der Waals surface area contributed by atoms with E-state index in [1.165, 1.54) is 5.56 Å². The van der Waals surface area contributed by atoms with Crippen LogP contribution in [0.2, 0.25) is 0 Å². The number of rotatable bonds is 4. The summed E-state index contributed by atoms with van der Waals surface area (Å²) in [5.41, 5.74) is 8.45. The molecule has 0 saturated carbocycles. The summed E-state index contributed by atoms with van der Waals surface area (Å²) in [5.74, 6) is 0. The standard InChI is InChI=1S/C15H16ClN.ClH/c16-15(13-9-5-2-6-10-13)14(17)11-12-7-3-1-4-8-12;/h1-10,14-15H,11,17H2;1H. The van der Waals surface area contributed by atoms with E-state index in [1.807, 2.05) is 48.5 Å². The molecule has 0 aliphatic carbocycles. The minimum Gasteiger partial charge on any atom is -0.326 e. The van der Waals surface area contributed by atoms with E-state index < -0.39 is 0 Å². The lowest BCUT2D eigenvalue weighted by molar-refractivity contribution is 0.645. The molecule has 2 rings (SSSR count). The van der Waals surface area contributed by atoms with Gasteiger partial charge in [-0.15, -0.1) is 24.0 Å². The Balaban J connectivity index is 0.00000162. The summed E-state index contributed by atoms with van der Waals surface area (Å²) in [6.45, 7) is 0. The van der Waals surface area contributed by atoms with Crippen molar-refractivity contribution < 1.29 is 0 Å². The van der Waals surface area contributed by atoms with Gasteiger partial charge in [0.1, 0.15) is 0 Å². The second-order valence-corrected chi connectivity index (χ2v) is 4.64. The van der Waals surface area contributed by atoms with Crippen molar-refractivity contribution in [3.05, 3.63) is 71.8 Å². The smallest absolute Gasteiger partial charge is 0.0739 e. The summed E-state index contributed by atoms with van der Waals surface area (Å²) in [5, 5.41) is -0.142. The van der Waals surface area contributed by atoms with E-state index in [2.05, 4.69) is 12.1 Å². The van der Waals surface area contributed by atoms with Crippen molar-refractivity contribution in [2.75, 3.05) is 0 Å². The van der Waals surface area contributed by atoms with E-state index in [0.29, 0.717) is 0 Å². The van der Waals surface area contributed by atoms with Gasteiger partial charge in [-0.05, 0) is 17.5 Å². The molecule has 0 saturated heterocycles. The number of hydrogen-bond donors (Lipinski definition) is 1. The zero-order valence-electron chi connectivity index (χ0n) is 10.00. The number of alkyl halides is 1. The van der Waals surface area contributed by atoms with Gasteiger partial charge in [0.25, 0.3) is 0 Å². The minimum absolute atomic E-state index is 0. The molecule has 18 heavy (non-hydrogen) atoms. The van der Waals surface area contributed by atoms with Crippen molar-refractivity contribution in [3.63, 3.8) is 0 Å². The van der Waals surface area contributed by atoms with Crippen molar-refractivity contribution >= 4 is 24.0 Å². The van der Waals surface area contributed by atoms with Crippen molar-refractivity contribution in [2.45, 2.75) is 17.8 Å². The van der Waals surface area contributed by atoms with Crippen LogP contribution in [-0.2, 0) is 6.42 Å². The Hall–Kier alpha value is -1.02. The van der Waals surface area contributed by atoms with E-state index in [0.717, 1.165) is 12.0 Å². The van der Waals surface area contributed by atoms with Gasteiger partial charge in [-0.25, -0.2) is 0 Å². The Morgan fingerprint density at radius 3 is 1.94 bits per heavy atom. The number of hydrogen-bond acceptors (Lipinski definition) is 1. The third kappa shape index (κ3) is 4.02. The van der Waals surface area contributed by atoms with E-state index in [9.17, 15) is 0 Å². The van der Waals surface area contributed by atoms with Crippen molar-refractivity contribution in [3.8, 4) is 0 Å². The van der Waals surface area contributed by atoms with Gasteiger partial charge in [0, 0.05) is 6.04 Å². The molecule has 0 aliphatic rings. The lowest BCUT2D eigenvalue weighted by Crippen LogP contribution is -2.27. The summed E-state index contributed by atoms with van der Waals surface area (Å²) in [6.07, 6.45) is 0.796. The summed E-state index contributed by atoms with van der Waals surface area (Å²) >= 11 is 6.38. The number of nitrogens with two attached hydrogens (primary N) is 1. The normalized spacial score (nSPS) is 13.4. The maximum atomic E-state index is 6.38. The Bertz CT molecular complexity index is 445. The number of benzene rings is 2. The predicted octanol–water partition coefficient (Wildman–Crippen LogP) is 3.96. The molecule has 3 heteroatoms. The molecule has 2 aromatic carbocycles. The first-order valence-electron chi connectivity index (χ1n) is 5.76. The first-order chi connectivity index (χ1) is 8.27. The van der Waals surface area contributed by atoms with Crippen molar-refractivity contribution in [2.24, 2.45) is 5.73 Å². The maximum Gasteiger partial charge on any atom is 0.0739 e. The van der Waals surface area contributed by atoms with Crippen LogP contribution in [0.1, 0.15) is 16.5 Å². The second kappa shape index (κ2) is 7.42. The highest BCUT2D eigenvalue weighted by atomic mass is 35.5. The van der Waals surface area contributed by atoms with Crippen LogP contribution in [0.4, 0.5) is 0 Å². The lowest BCUT2D eigenvalue weighted by atomic mass is 9.99. The lowest BCUT2D eigenvalue weighted by Gasteiger charge is -2.18. The molecule has 0 bridgehead atoms. The quantitative estimate of drug-likeness (QED) is 0.844. The van der Waals surface area contributed by atoms with E-state index in [-0.39, 0.29) is 23.8 Å². The minimum atomic E-state index is -0.142. The summed E-state index contributed by atoms with van der Waals surface area (Å²) in [4.78, 5) is 0. The zero-order valence-corrected chi connectivity index (χ0v) is 11.6. The molecule has 0 spiro atoms. The van der Waals surface area contributed by atoms with Crippen LogP contribution < -0.4 is 5.73 Å². The second-order valence-electron chi connectivity index (χ2n) is 4.17. The summed E-state index contributed by atoms with van der Waals surface area (Å²) in [6, 6.07) is 20.1. The Morgan fingerprint density at radius 2 is 1.39 bits per heavy atom. The van der Waals surface area contributed by atoms with Gasteiger partial charge in [-0.1, -0.05) is 60.7 Å². The van der Waals surface area contributed by atoms with Gasteiger partial charge in [0.05, 0.1) is 5.38 Å². The molecule has 0 aliphatic heterocycles. The zero-order chi connectivity index (χ0) is 12.1. The van der Waals surface area contributed by atoms with Crippen LogP contribution in [0.25, 0.3) is 0 Å². The molecule has 2 N–H and O–H groups in total. The van der Waals surface area contributed by atoms with Crippen LogP contribution in [0.3, 0.4) is 0 Å². The molecule has 0 fully saturated rings. The number of halogens is 2. The fourth-order valence-corrected chi connectivity index (χ4v) is 2.11. The molecule has 0 amide bonds. The third-order valence-corrected chi connectivity index (χ3v) is 3.38. The summed E-state index contributed by atoms with van der Waals surface area (Å²) in [7, 11) is 0. The van der Waals surface area contributed by atoms with E-state index >= 15 is 0 Å². The molecule has 2 atom stereocenters. The molecular weight excluding hydrogens is 265 g/mol.